The maximum atomic E-state index is 6.35. The van der Waals surface area contributed by atoms with Crippen LogP contribution in [-0.2, 0) is 0 Å². The van der Waals surface area contributed by atoms with Gasteiger partial charge in [0.15, 0.2) is 0 Å². The summed E-state index contributed by atoms with van der Waals surface area (Å²) in [7, 11) is -2.91. The number of thiocarbonyl (C=S) groups is 3. The van der Waals surface area contributed by atoms with Crippen molar-refractivity contribution >= 4 is 72.3 Å². The summed E-state index contributed by atoms with van der Waals surface area (Å²) in [6.07, 6.45) is 0.604. The molecule has 0 aliphatic carbocycles. The number of rotatable bonds is 9. The van der Waals surface area contributed by atoms with Crippen molar-refractivity contribution in [2.24, 2.45) is 14.0 Å². The van der Waals surface area contributed by atoms with Crippen LogP contribution in [0.4, 0.5) is 0 Å². The van der Waals surface area contributed by atoms with Crippen molar-refractivity contribution in [2.45, 2.75) is 12.5 Å². The van der Waals surface area contributed by atoms with Gasteiger partial charge in [0, 0.05) is 11.6 Å². The molecule has 0 unspecified atom stereocenters. The van der Waals surface area contributed by atoms with Gasteiger partial charge in [0.25, 0.3) is 0 Å². The van der Waals surface area contributed by atoms with E-state index in [1.165, 1.54) is 0 Å². The maximum absolute atomic E-state index is 6.35. The fourth-order valence-corrected chi connectivity index (χ4v) is 5.53. The van der Waals surface area contributed by atoms with E-state index in [1.807, 2.05) is 42.5 Å². The van der Waals surface area contributed by atoms with Crippen molar-refractivity contribution in [3.8, 4) is 16.9 Å². The Morgan fingerprint density at radius 2 is 1.52 bits per heavy atom. The van der Waals surface area contributed by atoms with Gasteiger partial charge in [-0.3, -0.25) is 0 Å². The molecule has 27 heavy (non-hydrogen) atoms. The second-order valence-corrected chi connectivity index (χ2v) is 8.99. The largest absolute Gasteiger partial charge is 0.491 e. The minimum absolute atomic E-state index is 0.394. The zero-order chi connectivity index (χ0) is 19.5. The summed E-state index contributed by atoms with van der Waals surface area (Å²) in [6.45, 7) is 0.394. The topological polar surface area (TPSA) is 46.3 Å². The summed E-state index contributed by atoms with van der Waals surface area (Å²) in [5.41, 5.74) is 1.96. The Kier molecular flexibility index (Phi) is 8.81. The number of halogens is 1. The average molecular weight is 448 g/mol. The van der Waals surface area contributed by atoms with Crippen LogP contribution in [-0.4, -0.2) is 30.6 Å². The fourth-order valence-electron chi connectivity index (χ4n) is 2.45. The predicted molar refractivity (Wildman–Crippen MR) is 123 cm³/mol. The molecule has 0 saturated heterocycles. The van der Waals surface area contributed by atoms with Crippen LogP contribution in [0.25, 0.3) is 11.1 Å². The maximum Gasteiger partial charge on any atom is 0.461 e. The molecule has 0 heterocycles. The van der Waals surface area contributed by atoms with Gasteiger partial charge in [-0.1, -0.05) is 54.1 Å². The zero-order valence-corrected chi connectivity index (χ0v) is 18.3. The van der Waals surface area contributed by atoms with Crippen LogP contribution in [0.2, 0.25) is 11.1 Å². The van der Waals surface area contributed by atoms with Gasteiger partial charge in [0.05, 0.1) is 27.1 Å². The van der Waals surface area contributed by atoms with Gasteiger partial charge < -0.3 is 4.74 Å². The van der Waals surface area contributed by atoms with Crippen LogP contribution in [0, 0.1) is 0 Å². The molecule has 0 aromatic heterocycles. The Balaban J connectivity index is 2.15. The highest BCUT2D eigenvalue weighted by Crippen LogP contribution is 2.36. The number of benzene rings is 2. The minimum atomic E-state index is -2.91. The van der Waals surface area contributed by atoms with Crippen LogP contribution in [0.3, 0.4) is 0 Å². The number of ether oxygens (including phenoxy) is 1. The first-order valence-electron chi connectivity index (χ1n) is 7.89. The Morgan fingerprint density at radius 3 is 2.11 bits per heavy atom. The summed E-state index contributed by atoms with van der Waals surface area (Å²) >= 11 is 20.4. The van der Waals surface area contributed by atoms with Gasteiger partial charge in [-0.15, -0.1) is 0 Å². The standard InChI is InChI=1S/C18H14ClN3OS3Si/c19-17-9-4-8-16(15-6-2-1-3-7-15)18(17)23-10-5-11-27(20-12-24,21-13-25)22-14-26/h1-4,6-9H,5,10-11H2. The molecule has 0 bridgehead atoms. The van der Waals surface area contributed by atoms with Gasteiger partial charge >= 0.3 is 8.56 Å². The summed E-state index contributed by atoms with van der Waals surface area (Å²) in [6, 6.07) is 16.1. The molecule has 0 aliphatic rings. The molecule has 0 fully saturated rings. The van der Waals surface area contributed by atoms with Crippen LogP contribution in [0.1, 0.15) is 6.42 Å². The molecular formula is C18H14ClN3OS3Si. The highest BCUT2D eigenvalue weighted by atomic mass is 35.5. The van der Waals surface area contributed by atoms with E-state index < -0.39 is 8.56 Å². The van der Waals surface area contributed by atoms with E-state index in [0.29, 0.717) is 29.8 Å². The molecule has 4 nitrogen and oxygen atoms in total. The first kappa shape index (κ1) is 21.4. The molecule has 2 aromatic carbocycles. The van der Waals surface area contributed by atoms with E-state index in [2.05, 4.69) is 29.5 Å². The smallest absolute Gasteiger partial charge is 0.461 e. The van der Waals surface area contributed by atoms with Gasteiger partial charge in [-0.05, 0) is 54.7 Å². The van der Waals surface area contributed by atoms with Gasteiger partial charge in [0.2, 0.25) is 0 Å². The van der Waals surface area contributed by atoms with Crippen molar-refractivity contribution in [2.75, 3.05) is 6.61 Å². The fraction of sp³-hybridized carbons (Fsp3) is 0.167. The zero-order valence-electron chi connectivity index (χ0n) is 14.1. The van der Waals surface area contributed by atoms with E-state index in [1.54, 1.807) is 6.07 Å². The molecule has 2 aromatic rings. The van der Waals surface area contributed by atoms with E-state index in [-0.39, 0.29) is 0 Å². The lowest BCUT2D eigenvalue weighted by Crippen LogP contribution is -2.28. The monoisotopic (exact) mass is 447 g/mol. The van der Waals surface area contributed by atoms with Crippen LogP contribution in [0.15, 0.2) is 62.5 Å². The van der Waals surface area contributed by atoms with Crippen molar-refractivity contribution in [3.05, 3.63) is 53.6 Å². The predicted octanol–water partition coefficient (Wildman–Crippen LogP) is 6.02. The molecule has 0 aliphatic heterocycles. The lowest BCUT2D eigenvalue weighted by Gasteiger charge is -2.15. The van der Waals surface area contributed by atoms with Crippen molar-refractivity contribution in [1.82, 2.24) is 0 Å². The Morgan fingerprint density at radius 1 is 0.889 bits per heavy atom. The molecule has 136 valence electrons. The van der Waals surface area contributed by atoms with Gasteiger partial charge in [0.1, 0.15) is 5.75 Å². The van der Waals surface area contributed by atoms with E-state index in [4.69, 9.17) is 53.0 Å². The quantitative estimate of drug-likeness (QED) is 0.204. The summed E-state index contributed by atoms with van der Waals surface area (Å²) in [5, 5.41) is 7.52. The molecule has 2 rings (SSSR count). The van der Waals surface area contributed by atoms with Crippen LogP contribution < -0.4 is 4.74 Å². The Bertz CT molecular complexity index is 893. The normalized spacial score (nSPS) is 11.9. The number of nitrogens with zero attached hydrogens (tertiary/aromatic N) is 3. The van der Waals surface area contributed by atoms with E-state index in [9.17, 15) is 0 Å². The third kappa shape index (κ3) is 6.08. The molecular weight excluding hydrogens is 434 g/mol. The SMILES string of the molecule is S=C=N[Si](CCCOc1c(Cl)cccc1-c1ccccc1)(N=C=S)N=C=S. The number of hydrogen-bond acceptors (Lipinski definition) is 7. The number of para-hydroxylation sites is 1. The van der Waals surface area contributed by atoms with Crippen molar-refractivity contribution < 1.29 is 4.74 Å². The van der Waals surface area contributed by atoms with Crippen LogP contribution >= 0.6 is 48.3 Å². The van der Waals surface area contributed by atoms with Gasteiger partial charge in [-0.25, -0.2) is 14.0 Å². The van der Waals surface area contributed by atoms with Gasteiger partial charge in [-0.2, -0.15) is 0 Å². The highest BCUT2D eigenvalue weighted by Gasteiger charge is 2.34. The molecule has 0 radical (unpaired) electrons. The molecule has 0 amide bonds. The van der Waals surface area contributed by atoms with Crippen LogP contribution in [0.5, 0.6) is 5.75 Å². The number of isothiocyanates is 3. The molecule has 0 N–H and O–H groups in total. The average Bonchev–Trinajstić information content (AvgIpc) is 2.67. The second kappa shape index (κ2) is 11.1. The summed E-state index contributed by atoms with van der Waals surface area (Å²) in [5.74, 6) is 0.632. The Hall–Kier alpha value is -1.85. The first-order valence-corrected chi connectivity index (χ1v) is 11.5. The van der Waals surface area contributed by atoms with Crippen molar-refractivity contribution in [1.29, 1.82) is 0 Å². The molecule has 0 spiro atoms. The Labute approximate surface area is 179 Å². The molecule has 0 saturated carbocycles. The van der Waals surface area contributed by atoms with Crippen molar-refractivity contribution in [3.63, 3.8) is 0 Å². The van der Waals surface area contributed by atoms with E-state index in [0.717, 1.165) is 11.1 Å². The lowest BCUT2D eigenvalue weighted by atomic mass is 10.0. The lowest BCUT2D eigenvalue weighted by molar-refractivity contribution is 0.318. The van der Waals surface area contributed by atoms with E-state index >= 15 is 0 Å². The highest BCUT2D eigenvalue weighted by molar-refractivity contribution is 7.78. The first-order chi connectivity index (χ1) is 13.2. The third-order valence-corrected chi connectivity index (χ3v) is 7.12. The third-order valence-electron chi connectivity index (χ3n) is 3.63. The summed E-state index contributed by atoms with van der Waals surface area (Å²) in [4.78, 5) is 0. The minimum Gasteiger partial charge on any atom is -0.491 e. The number of hydrogen-bond donors (Lipinski definition) is 0. The molecule has 9 heteroatoms. The summed E-state index contributed by atoms with van der Waals surface area (Å²) < 4.78 is 18.3. The molecule has 0 atom stereocenters. The second-order valence-electron chi connectivity index (χ2n) is 5.32.